The number of hydrogen-bond acceptors (Lipinski definition) is 3. The van der Waals surface area contributed by atoms with Gasteiger partial charge < -0.3 is 22.7 Å². The molecule has 0 aromatic heterocycles. The molecule has 0 spiro atoms. The van der Waals surface area contributed by atoms with E-state index in [0.717, 1.165) is 21.3 Å². The molecule has 0 saturated carbocycles. The molecule has 54 valence electrons. The largest absolute Gasteiger partial charge is 0.400 e. The van der Waals surface area contributed by atoms with Gasteiger partial charge in [-0.3, -0.25) is 0 Å². The Hall–Kier alpha value is 0.763. The molecule has 0 aliphatic carbocycles. The van der Waals surface area contributed by atoms with E-state index in [2.05, 4.69) is 0 Å². The van der Waals surface area contributed by atoms with E-state index in [1.807, 2.05) is 0 Å². The fraction of sp³-hybridized carbons (Fsp3) is 0.750. The van der Waals surface area contributed by atoms with E-state index in [1.165, 1.54) is 0 Å². The molecule has 0 aliphatic heterocycles. The Balaban J connectivity index is -0.00000000500. The zero-order valence-electron chi connectivity index (χ0n) is 5.84. The normalized spacial score (nSPS) is 2.25. The monoisotopic (exact) mass is 201 g/mol. The van der Waals surface area contributed by atoms with Gasteiger partial charge in [-0.25, -0.2) is 0 Å². The summed E-state index contributed by atoms with van der Waals surface area (Å²) in [5.74, 6) is 0. The van der Waals surface area contributed by atoms with Crippen molar-refractivity contribution < 1.29 is 41.5 Å². The fourth-order valence-corrected chi connectivity index (χ4v) is 0. The molecule has 8 heavy (non-hydrogen) atoms. The van der Waals surface area contributed by atoms with Crippen LogP contribution in [0.15, 0.2) is 0 Å². The summed E-state index contributed by atoms with van der Waals surface area (Å²) in [4.78, 5) is 0. The van der Waals surface area contributed by atoms with Gasteiger partial charge in [0, 0.05) is 47.5 Å². The Morgan fingerprint density at radius 1 is 0.625 bits per heavy atom. The first-order chi connectivity index (χ1) is 3.00. The van der Waals surface area contributed by atoms with Crippen LogP contribution in [0.3, 0.4) is 0 Å². The maximum Gasteiger partial charge on any atom is 0.0319 e. The fourth-order valence-electron chi connectivity index (χ4n) is 0. The van der Waals surface area contributed by atoms with Crippen LogP contribution < -0.4 is 0 Å². The minimum absolute atomic E-state index is 0. The molecule has 4 heteroatoms. The average Bonchev–Trinajstić information content (AvgIpc) is 1.81. The Morgan fingerprint density at radius 2 is 0.625 bits per heavy atom. The molecular formula is C4H15O3Zr-. The average molecular weight is 202 g/mol. The Morgan fingerprint density at radius 3 is 0.625 bits per heavy atom. The smallest absolute Gasteiger partial charge is 0.0319 e. The third-order valence-corrected chi connectivity index (χ3v) is 0. The second kappa shape index (κ2) is 610. The SMILES string of the molecule is CO.CO.CO.[CH3-].[Zr]. The van der Waals surface area contributed by atoms with Crippen molar-refractivity contribution in [1.82, 2.24) is 0 Å². The van der Waals surface area contributed by atoms with E-state index in [9.17, 15) is 0 Å². The van der Waals surface area contributed by atoms with Crippen molar-refractivity contribution in [2.24, 2.45) is 0 Å². The van der Waals surface area contributed by atoms with Gasteiger partial charge in [-0.1, -0.05) is 0 Å². The molecule has 0 atom stereocenters. The van der Waals surface area contributed by atoms with Crippen molar-refractivity contribution in [3.05, 3.63) is 7.43 Å². The Kier molecular flexibility index (Phi) is 2840. The third-order valence-electron chi connectivity index (χ3n) is 0. The number of aliphatic hydroxyl groups is 3. The molecule has 0 aromatic carbocycles. The van der Waals surface area contributed by atoms with E-state index in [0.29, 0.717) is 0 Å². The summed E-state index contributed by atoms with van der Waals surface area (Å²) < 4.78 is 0. The summed E-state index contributed by atoms with van der Waals surface area (Å²) in [7, 11) is 3.00. The maximum atomic E-state index is 7.00. The van der Waals surface area contributed by atoms with Crippen molar-refractivity contribution >= 4 is 0 Å². The summed E-state index contributed by atoms with van der Waals surface area (Å²) in [6, 6.07) is 0. The van der Waals surface area contributed by atoms with Gasteiger partial charge in [-0.2, -0.15) is 0 Å². The summed E-state index contributed by atoms with van der Waals surface area (Å²) in [5, 5.41) is 21.0. The van der Waals surface area contributed by atoms with Crippen molar-refractivity contribution in [1.29, 1.82) is 0 Å². The molecular weight excluding hydrogens is 187 g/mol. The first kappa shape index (κ1) is 37.3. The van der Waals surface area contributed by atoms with Crippen molar-refractivity contribution in [3.8, 4) is 0 Å². The van der Waals surface area contributed by atoms with Crippen LogP contribution in [0.1, 0.15) is 0 Å². The molecule has 0 fully saturated rings. The van der Waals surface area contributed by atoms with Crippen LogP contribution in [0.25, 0.3) is 0 Å². The van der Waals surface area contributed by atoms with Gasteiger partial charge in [0.1, 0.15) is 0 Å². The molecule has 0 aromatic rings. The molecule has 0 radical (unpaired) electrons. The van der Waals surface area contributed by atoms with Crippen molar-refractivity contribution in [3.63, 3.8) is 0 Å². The number of aliphatic hydroxyl groups excluding tert-OH is 3. The first-order valence-electron chi connectivity index (χ1n) is 1.34. The van der Waals surface area contributed by atoms with Crippen LogP contribution in [-0.2, 0) is 26.2 Å². The summed E-state index contributed by atoms with van der Waals surface area (Å²) in [5.41, 5.74) is 0. The van der Waals surface area contributed by atoms with Gasteiger partial charge in [0.25, 0.3) is 0 Å². The molecule has 0 amide bonds. The quantitative estimate of drug-likeness (QED) is 0.454. The van der Waals surface area contributed by atoms with Crippen LogP contribution in [0.5, 0.6) is 0 Å². The predicted molar refractivity (Wildman–Crippen MR) is 30.8 cm³/mol. The summed E-state index contributed by atoms with van der Waals surface area (Å²) in [6.07, 6.45) is 0. The molecule has 0 bridgehead atoms. The predicted octanol–water partition coefficient (Wildman–Crippen LogP) is -0.727. The summed E-state index contributed by atoms with van der Waals surface area (Å²) >= 11 is 0. The van der Waals surface area contributed by atoms with E-state index >= 15 is 0 Å². The zero-order chi connectivity index (χ0) is 6.00. The van der Waals surface area contributed by atoms with E-state index in [4.69, 9.17) is 15.3 Å². The first-order valence-corrected chi connectivity index (χ1v) is 1.34. The van der Waals surface area contributed by atoms with Crippen molar-refractivity contribution in [2.45, 2.75) is 0 Å². The Labute approximate surface area is 70.5 Å². The molecule has 3 N–H and O–H groups in total. The topological polar surface area (TPSA) is 60.7 Å². The van der Waals surface area contributed by atoms with Gasteiger partial charge in [0.2, 0.25) is 0 Å². The van der Waals surface area contributed by atoms with Gasteiger partial charge >= 0.3 is 0 Å². The second-order valence-corrected chi connectivity index (χ2v) is 0. The molecule has 0 rings (SSSR count). The van der Waals surface area contributed by atoms with Crippen molar-refractivity contribution in [2.75, 3.05) is 21.3 Å². The van der Waals surface area contributed by atoms with Gasteiger partial charge in [0.15, 0.2) is 0 Å². The molecule has 0 saturated heterocycles. The van der Waals surface area contributed by atoms with Crippen LogP contribution >= 0.6 is 0 Å². The molecule has 0 heterocycles. The Bertz CT molecular complexity index is 11.2. The molecule has 3 nitrogen and oxygen atoms in total. The second-order valence-electron chi connectivity index (χ2n) is 0. The maximum absolute atomic E-state index is 7.00. The third kappa shape index (κ3) is 386. The standard InChI is InChI=1S/3CH4O.CH3.Zr/c3*1-2;;/h3*2H,1H3;1H3;/q;;;-1;. The van der Waals surface area contributed by atoms with E-state index in [-0.39, 0.29) is 33.6 Å². The number of hydrogen-bond donors (Lipinski definition) is 3. The van der Waals surface area contributed by atoms with Crippen LogP contribution in [-0.4, -0.2) is 36.6 Å². The van der Waals surface area contributed by atoms with Crippen LogP contribution in [0, 0.1) is 7.43 Å². The van der Waals surface area contributed by atoms with E-state index < -0.39 is 0 Å². The minimum atomic E-state index is 0. The minimum Gasteiger partial charge on any atom is -0.400 e. The zero-order valence-corrected chi connectivity index (χ0v) is 8.30. The number of rotatable bonds is 0. The van der Waals surface area contributed by atoms with Gasteiger partial charge in [-0.15, -0.1) is 0 Å². The van der Waals surface area contributed by atoms with Crippen LogP contribution in [0.4, 0.5) is 0 Å². The summed E-state index contributed by atoms with van der Waals surface area (Å²) in [6.45, 7) is 0. The van der Waals surface area contributed by atoms with Gasteiger partial charge in [-0.05, 0) is 0 Å². The van der Waals surface area contributed by atoms with E-state index in [1.54, 1.807) is 0 Å². The van der Waals surface area contributed by atoms with Gasteiger partial charge in [0.05, 0.1) is 0 Å². The molecule has 0 unspecified atom stereocenters. The van der Waals surface area contributed by atoms with Crippen LogP contribution in [0.2, 0.25) is 0 Å². The molecule has 0 aliphatic rings.